The fraction of sp³-hybridized carbons (Fsp3) is 0.273. The Morgan fingerprint density at radius 1 is 0.464 bits per heavy atom. The molecule has 0 aromatic heterocycles. The predicted molar refractivity (Wildman–Crippen MR) is 238 cm³/mol. The Bertz CT molecular complexity index is 2570. The second kappa shape index (κ2) is 13.7. The molecule has 1 saturated carbocycles. The topological polar surface area (TPSA) is 3.24 Å². The van der Waals surface area contributed by atoms with Crippen LogP contribution in [0.1, 0.15) is 82.1 Å². The molecule has 278 valence electrons. The summed E-state index contributed by atoms with van der Waals surface area (Å²) < 4.78 is 0. The van der Waals surface area contributed by atoms with E-state index < -0.39 is 0 Å². The number of hydrogen-bond acceptors (Lipinski definition) is 1. The highest BCUT2D eigenvalue weighted by atomic mass is 15.1. The van der Waals surface area contributed by atoms with Gasteiger partial charge < -0.3 is 4.90 Å². The SMILES string of the molecule is CC1(C)CC(C)(C)c2cc3c(cc21)CCC1CCC(Cc2cc(N(c4ccc5ccccc5c4)c4ccccc4-c4ccc(-c5ccccc5)cc4)ccc2-3)C1. The highest BCUT2D eigenvalue weighted by Gasteiger charge is 2.42. The number of rotatable bonds is 5. The molecule has 3 aliphatic carbocycles. The third kappa shape index (κ3) is 6.26. The van der Waals surface area contributed by atoms with Crippen molar-refractivity contribution in [2.24, 2.45) is 11.8 Å². The molecule has 2 bridgehead atoms. The molecular formula is C55H53N. The Hall–Kier alpha value is -5.40. The van der Waals surface area contributed by atoms with Crippen LogP contribution in [0.3, 0.4) is 0 Å². The normalized spacial score (nSPS) is 19.2. The molecule has 0 aliphatic heterocycles. The molecule has 10 rings (SSSR count). The Kier molecular flexibility index (Phi) is 8.55. The number of para-hydroxylation sites is 1. The van der Waals surface area contributed by atoms with Crippen LogP contribution in [0, 0.1) is 11.8 Å². The first-order chi connectivity index (χ1) is 27.2. The van der Waals surface area contributed by atoms with Gasteiger partial charge in [0.25, 0.3) is 0 Å². The second-order valence-corrected chi connectivity index (χ2v) is 18.5. The first-order valence-corrected chi connectivity index (χ1v) is 21.1. The lowest BCUT2D eigenvalue weighted by molar-refractivity contribution is 0.403. The van der Waals surface area contributed by atoms with Crippen molar-refractivity contribution in [2.45, 2.75) is 83.5 Å². The molecule has 0 N–H and O–H groups in total. The van der Waals surface area contributed by atoms with Crippen molar-refractivity contribution in [3.63, 3.8) is 0 Å². The van der Waals surface area contributed by atoms with E-state index in [0.29, 0.717) is 0 Å². The number of anilines is 3. The molecule has 1 heteroatoms. The summed E-state index contributed by atoms with van der Waals surface area (Å²) in [5.41, 5.74) is 18.0. The Morgan fingerprint density at radius 2 is 1.11 bits per heavy atom. The van der Waals surface area contributed by atoms with Crippen LogP contribution in [0.15, 0.2) is 152 Å². The van der Waals surface area contributed by atoms with Crippen LogP contribution in [-0.4, -0.2) is 0 Å². The fourth-order valence-corrected chi connectivity index (χ4v) is 11.1. The van der Waals surface area contributed by atoms with E-state index in [1.165, 1.54) is 105 Å². The molecule has 0 saturated heterocycles. The summed E-state index contributed by atoms with van der Waals surface area (Å²) in [4.78, 5) is 2.53. The Morgan fingerprint density at radius 3 is 1.93 bits per heavy atom. The maximum absolute atomic E-state index is 2.64. The van der Waals surface area contributed by atoms with Gasteiger partial charge in [0.05, 0.1) is 5.69 Å². The van der Waals surface area contributed by atoms with Crippen molar-refractivity contribution in [3.05, 3.63) is 174 Å². The molecule has 7 aromatic carbocycles. The number of aryl methyl sites for hydroxylation is 1. The maximum Gasteiger partial charge on any atom is 0.0540 e. The first kappa shape index (κ1) is 35.0. The summed E-state index contributed by atoms with van der Waals surface area (Å²) in [7, 11) is 0. The predicted octanol–water partition coefficient (Wildman–Crippen LogP) is 15.2. The van der Waals surface area contributed by atoms with E-state index in [1.807, 2.05) is 0 Å². The summed E-state index contributed by atoms with van der Waals surface area (Å²) in [6.07, 6.45) is 8.91. The van der Waals surface area contributed by atoms with Gasteiger partial charge in [-0.1, -0.05) is 155 Å². The van der Waals surface area contributed by atoms with Gasteiger partial charge >= 0.3 is 0 Å². The van der Waals surface area contributed by atoms with Gasteiger partial charge in [0.2, 0.25) is 0 Å². The van der Waals surface area contributed by atoms with E-state index >= 15 is 0 Å². The molecule has 1 fully saturated rings. The van der Waals surface area contributed by atoms with Crippen LogP contribution >= 0.6 is 0 Å². The minimum absolute atomic E-state index is 0.165. The maximum atomic E-state index is 2.64. The Balaban J connectivity index is 1.15. The number of nitrogens with zero attached hydrogens (tertiary/aromatic N) is 1. The monoisotopic (exact) mass is 727 g/mol. The molecule has 0 radical (unpaired) electrons. The molecule has 2 unspecified atom stereocenters. The third-order valence-corrected chi connectivity index (χ3v) is 13.6. The fourth-order valence-electron chi connectivity index (χ4n) is 11.1. The highest BCUT2D eigenvalue weighted by molar-refractivity contribution is 5.93. The van der Waals surface area contributed by atoms with E-state index in [9.17, 15) is 0 Å². The second-order valence-electron chi connectivity index (χ2n) is 18.5. The summed E-state index contributed by atoms with van der Waals surface area (Å²) in [6, 6.07) is 57.3. The molecule has 1 nitrogen and oxygen atoms in total. The molecule has 3 aliphatic rings. The average Bonchev–Trinajstić information content (AvgIpc) is 3.73. The summed E-state index contributed by atoms with van der Waals surface area (Å²) in [5, 5.41) is 2.52. The van der Waals surface area contributed by atoms with Crippen molar-refractivity contribution < 1.29 is 0 Å². The van der Waals surface area contributed by atoms with Crippen molar-refractivity contribution in [3.8, 4) is 33.4 Å². The van der Waals surface area contributed by atoms with Crippen molar-refractivity contribution >= 4 is 27.8 Å². The van der Waals surface area contributed by atoms with Crippen molar-refractivity contribution in [1.29, 1.82) is 0 Å². The number of hydrogen-bond donors (Lipinski definition) is 0. The summed E-state index contributed by atoms with van der Waals surface area (Å²) in [6.45, 7) is 9.86. The standard InChI is InChI=1S/C55H53N/c1-54(2)36-55(3,4)52-35-50-44(34-51(52)54)21-20-37-18-19-38(30-37)31-45-33-47(28-29-48(45)50)56(46-27-26-40-14-8-9-15-43(40)32-46)53-17-11-10-16-49(53)42-24-22-41(23-25-42)39-12-6-5-7-13-39/h5-17,22-29,32-35,37-38H,18-21,30-31,36H2,1-4H3. The van der Waals surface area contributed by atoms with Crippen LogP contribution in [0.4, 0.5) is 17.1 Å². The average molecular weight is 728 g/mol. The van der Waals surface area contributed by atoms with Gasteiger partial charge in [-0.2, -0.15) is 0 Å². The van der Waals surface area contributed by atoms with E-state index in [0.717, 1.165) is 18.3 Å². The van der Waals surface area contributed by atoms with Crippen LogP contribution in [0.2, 0.25) is 0 Å². The Labute approximate surface area is 334 Å². The van der Waals surface area contributed by atoms with Crippen LogP contribution < -0.4 is 4.90 Å². The largest absolute Gasteiger partial charge is 0.310 e. The van der Waals surface area contributed by atoms with E-state index in [1.54, 1.807) is 16.7 Å². The van der Waals surface area contributed by atoms with E-state index in [2.05, 4.69) is 184 Å². The highest BCUT2D eigenvalue weighted by Crippen LogP contribution is 2.53. The van der Waals surface area contributed by atoms with Gasteiger partial charge in [0, 0.05) is 16.9 Å². The van der Waals surface area contributed by atoms with Gasteiger partial charge in [-0.15, -0.1) is 0 Å². The minimum Gasteiger partial charge on any atom is -0.310 e. The van der Waals surface area contributed by atoms with E-state index in [4.69, 9.17) is 0 Å². The molecule has 56 heavy (non-hydrogen) atoms. The molecule has 0 amide bonds. The van der Waals surface area contributed by atoms with Crippen LogP contribution in [0.25, 0.3) is 44.2 Å². The van der Waals surface area contributed by atoms with Gasteiger partial charge in [-0.3, -0.25) is 0 Å². The molecule has 0 heterocycles. The zero-order chi connectivity index (χ0) is 38.0. The third-order valence-electron chi connectivity index (χ3n) is 13.6. The molecule has 2 atom stereocenters. The van der Waals surface area contributed by atoms with E-state index in [-0.39, 0.29) is 10.8 Å². The van der Waals surface area contributed by atoms with Gasteiger partial charge in [0.15, 0.2) is 0 Å². The lowest BCUT2D eigenvalue weighted by Crippen LogP contribution is -2.18. The van der Waals surface area contributed by atoms with Gasteiger partial charge in [-0.05, 0) is 152 Å². The number of benzene rings is 7. The summed E-state index contributed by atoms with van der Waals surface area (Å²) >= 11 is 0. The van der Waals surface area contributed by atoms with Gasteiger partial charge in [0.1, 0.15) is 0 Å². The van der Waals surface area contributed by atoms with Crippen molar-refractivity contribution in [2.75, 3.05) is 4.90 Å². The molecule has 7 aromatic rings. The smallest absolute Gasteiger partial charge is 0.0540 e. The minimum atomic E-state index is 0.165. The quantitative estimate of drug-likeness (QED) is 0.171. The lowest BCUT2D eigenvalue weighted by atomic mass is 9.80. The van der Waals surface area contributed by atoms with Crippen LogP contribution in [0.5, 0.6) is 0 Å². The molecule has 0 spiro atoms. The number of fused-ring (bicyclic) bond motifs is 7. The van der Waals surface area contributed by atoms with Crippen molar-refractivity contribution in [1.82, 2.24) is 0 Å². The zero-order valence-corrected chi connectivity index (χ0v) is 33.5. The zero-order valence-electron chi connectivity index (χ0n) is 33.5. The molecular weight excluding hydrogens is 675 g/mol. The lowest BCUT2D eigenvalue weighted by Gasteiger charge is -2.30. The summed E-state index contributed by atoms with van der Waals surface area (Å²) in [5.74, 6) is 1.58. The van der Waals surface area contributed by atoms with Crippen LogP contribution in [-0.2, 0) is 23.7 Å². The first-order valence-electron chi connectivity index (χ1n) is 21.1. The van der Waals surface area contributed by atoms with Gasteiger partial charge in [-0.25, -0.2) is 0 Å².